The summed E-state index contributed by atoms with van der Waals surface area (Å²) in [5.41, 5.74) is 0.166. The molecule has 0 aliphatic carbocycles. The molecule has 1 atom stereocenters. The van der Waals surface area contributed by atoms with Crippen molar-refractivity contribution in [3.05, 3.63) is 89.0 Å². The predicted molar refractivity (Wildman–Crippen MR) is 111 cm³/mol. The Morgan fingerprint density at radius 1 is 1.00 bits per heavy atom. The first-order chi connectivity index (χ1) is 14.5. The zero-order valence-corrected chi connectivity index (χ0v) is 16.6. The molecule has 0 N–H and O–H groups in total. The number of sulfonamides is 1. The molecule has 8 nitrogen and oxygen atoms in total. The number of ether oxygens (including phenoxy) is 2. The van der Waals surface area contributed by atoms with E-state index in [2.05, 4.69) is 0 Å². The van der Waals surface area contributed by atoms with Crippen LogP contribution in [0.2, 0.25) is 0 Å². The minimum Gasteiger partial charge on any atom is -0.484 e. The van der Waals surface area contributed by atoms with E-state index in [0.717, 1.165) is 4.31 Å². The summed E-state index contributed by atoms with van der Waals surface area (Å²) >= 11 is 0. The third kappa shape index (κ3) is 4.12. The summed E-state index contributed by atoms with van der Waals surface area (Å²) < 4.78 is 38.5. The van der Waals surface area contributed by atoms with Gasteiger partial charge in [0.2, 0.25) is 0 Å². The fourth-order valence-corrected chi connectivity index (χ4v) is 4.43. The molecule has 1 unspecified atom stereocenters. The van der Waals surface area contributed by atoms with Gasteiger partial charge in [0.15, 0.2) is 5.75 Å². The zero-order valence-electron chi connectivity index (χ0n) is 15.7. The number of hydrogen-bond donors (Lipinski definition) is 0. The first kappa shape index (κ1) is 19.9. The summed E-state index contributed by atoms with van der Waals surface area (Å²) in [7, 11) is -4.03. The van der Waals surface area contributed by atoms with E-state index in [-0.39, 0.29) is 34.7 Å². The van der Waals surface area contributed by atoms with Gasteiger partial charge >= 0.3 is 5.69 Å². The SMILES string of the molecule is O=[N+]([O-])c1cc(N(c2ccccc2)S(=O)(=O)c2ccccc2)ccc1OCC1CO1. The minimum absolute atomic E-state index is 0.0596. The highest BCUT2D eigenvalue weighted by molar-refractivity contribution is 7.93. The van der Waals surface area contributed by atoms with Crippen molar-refractivity contribution in [2.24, 2.45) is 0 Å². The van der Waals surface area contributed by atoms with E-state index in [1.54, 1.807) is 48.5 Å². The summed E-state index contributed by atoms with van der Waals surface area (Å²) in [6.07, 6.45) is -0.0662. The smallest absolute Gasteiger partial charge is 0.313 e. The number of anilines is 2. The number of nitro benzene ring substituents is 1. The van der Waals surface area contributed by atoms with E-state index in [4.69, 9.17) is 9.47 Å². The van der Waals surface area contributed by atoms with E-state index in [9.17, 15) is 18.5 Å². The fourth-order valence-electron chi connectivity index (χ4n) is 2.93. The Bertz CT molecular complexity index is 1150. The Labute approximate surface area is 173 Å². The topological polar surface area (TPSA) is 102 Å². The molecule has 30 heavy (non-hydrogen) atoms. The summed E-state index contributed by atoms with van der Waals surface area (Å²) in [6, 6.07) is 20.4. The van der Waals surface area contributed by atoms with Crippen LogP contribution in [0, 0.1) is 10.1 Å². The van der Waals surface area contributed by atoms with Crippen molar-refractivity contribution in [1.82, 2.24) is 0 Å². The van der Waals surface area contributed by atoms with Gasteiger partial charge in [0.05, 0.1) is 27.8 Å². The lowest BCUT2D eigenvalue weighted by Gasteiger charge is -2.24. The van der Waals surface area contributed by atoms with Gasteiger partial charge in [0.25, 0.3) is 10.0 Å². The lowest BCUT2D eigenvalue weighted by atomic mass is 10.2. The maximum atomic E-state index is 13.4. The van der Waals surface area contributed by atoms with E-state index in [0.29, 0.717) is 12.3 Å². The van der Waals surface area contributed by atoms with Crippen molar-refractivity contribution in [2.75, 3.05) is 17.5 Å². The van der Waals surface area contributed by atoms with Gasteiger partial charge in [-0.15, -0.1) is 0 Å². The standard InChI is InChI=1S/C21H18N2O6S/c24-23(25)20-13-17(11-12-21(20)29-15-18-14-28-18)22(16-7-3-1-4-8-16)30(26,27)19-9-5-2-6-10-19/h1-13,18H,14-15H2. The van der Waals surface area contributed by atoms with Crippen LogP contribution >= 0.6 is 0 Å². The van der Waals surface area contributed by atoms with Gasteiger partial charge in [-0.05, 0) is 36.4 Å². The van der Waals surface area contributed by atoms with Gasteiger partial charge in [-0.2, -0.15) is 0 Å². The minimum atomic E-state index is -4.03. The molecule has 0 aromatic heterocycles. The summed E-state index contributed by atoms with van der Waals surface area (Å²) in [5.74, 6) is 0.0596. The van der Waals surface area contributed by atoms with Crippen LogP contribution in [0.3, 0.4) is 0 Å². The monoisotopic (exact) mass is 426 g/mol. The Morgan fingerprint density at radius 2 is 1.63 bits per heavy atom. The number of nitro groups is 1. The molecule has 0 radical (unpaired) electrons. The maximum Gasteiger partial charge on any atom is 0.313 e. The number of nitrogens with zero attached hydrogens (tertiary/aromatic N) is 2. The van der Waals surface area contributed by atoms with Crippen molar-refractivity contribution in [2.45, 2.75) is 11.0 Å². The molecule has 154 valence electrons. The number of rotatable bonds is 8. The molecule has 3 aromatic rings. The number of epoxide rings is 1. The largest absolute Gasteiger partial charge is 0.484 e. The van der Waals surface area contributed by atoms with Crippen molar-refractivity contribution in [3.63, 3.8) is 0 Å². The molecule has 4 rings (SSSR count). The molecule has 1 aliphatic heterocycles. The van der Waals surface area contributed by atoms with Crippen molar-refractivity contribution in [1.29, 1.82) is 0 Å². The quantitative estimate of drug-likeness (QED) is 0.308. The highest BCUT2D eigenvalue weighted by Gasteiger charge is 2.30. The number of para-hydroxylation sites is 1. The molecule has 1 heterocycles. The third-order valence-electron chi connectivity index (χ3n) is 4.47. The van der Waals surface area contributed by atoms with Crippen molar-refractivity contribution >= 4 is 27.1 Å². The third-order valence-corrected chi connectivity index (χ3v) is 6.24. The molecule has 1 aliphatic rings. The average Bonchev–Trinajstić information content (AvgIpc) is 3.58. The van der Waals surface area contributed by atoms with Gasteiger partial charge < -0.3 is 9.47 Å². The molecular formula is C21H18N2O6S. The van der Waals surface area contributed by atoms with E-state index in [1.807, 2.05) is 0 Å². The van der Waals surface area contributed by atoms with Crippen LogP contribution in [0.25, 0.3) is 0 Å². The Kier molecular flexibility index (Phi) is 5.39. The van der Waals surface area contributed by atoms with Crippen molar-refractivity contribution < 1.29 is 22.8 Å². The maximum absolute atomic E-state index is 13.4. The molecule has 0 saturated carbocycles. The number of benzene rings is 3. The zero-order chi connectivity index (χ0) is 21.1. The van der Waals surface area contributed by atoms with Crippen LogP contribution in [0.4, 0.5) is 17.1 Å². The van der Waals surface area contributed by atoms with Crippen molar-refractivity contribution in [3.8, 4) is 5.75 Å². The fraction of sp³-hybridized carbons (Fsp3) is 0.143. The highest BCUT2D eigenvalue weighted by Crippen LogP contribution is 2.38. The predicted octanol–water partition coefficient (Wildman–Crippen LogP) is 3.90. The van der Waals surface area contributed by atoms with Crippen LogP contribution in [0.15, 0.2) is 83.8 Å². The second-order valence-corrected chi connectivity index (χ2v) is 8.38. The van der Waals surface area contributed by atoms with Gasteiger partial charge in [0.1, 0.15) is 12.7 Å². The lowest BCUT2D eigenvalue weighted by Crippen LogP contribution is -2.26. The summed E-state index contributed by atoms with van der Waals surface area (Å²) in [4.78, 5) is 11.1. The molecule has 0 amide bonds. The molecule has 0 spiro atoms. The van der Waals surface area contributed by atoms with Gasteiger partial charge in [0, 0.05) is 6.07 Å². The summed E-state index contributed by atoms with van der Waals surface area (Å²) in [5, 5.41) is 11.6. The summed E-state index contributed by atoms with van der Waals surface area (Å²) in [6.45, 7) is 0.758. The van der Waals surface area contributed by atoms with Crippen LogP contribution in [-0.4, -0.2) is 32.7 Å². The second kappa shape index (κ2) is 8.13. The van der Waals surface area contributed by atoms with Gasteiger partial charge in [-0.1, -0.05) is 36.4 Å². The van der Waals surface area contributed by atoms with Crippen LogP contribution in [0.1, 0.15) is 0 Å². The van der Waals surface area contributed by atoms with Crippen LogP contribution in [-0.2, 0) is 14.8 Å². The first-order valence-corrected chi connectivity index (χ1v) is 10.6. The molecule has 1 saturated heterocycles. The molecule has 3 aromatic carbocycles. The number of hydrogen-bond acceptors (Lipinski definition) is 6. The molecule has 0 bridgehead atoms. The van der Waals surface area contributed by atoms with E-state index in [1.165, 1.54) is 30.3 Å². The van der Waals surface area contributed by atoms with Crippen LogP contribution in [0.5, 0.6) is 5.75 Å². The normalized spacial score (nSPS) is 15.4. The van der Waals surface area contributed by atoms with Crippen LogP contribution < -0.4 is 9.04 Å². The molecule has 1 fully saturated rings. The van der Waals surface area contributed by atoms with E-state index >= 15 is 0 Å². The molecule has 9 heteroatoms. The Hall–Kier alpha value is -3.43. The van der Waals surface area contributed by atoms with E-state index < -0.39 is 14.9 Å². The lowest BCUT2D eigenvalue weighted by molar-refractivity contribution is -0.385. The first-order valence-electron chi connectivity index (χ1n) is 9.15. The van der Waals surface area contributed by atoms with Gasteiger partial charge in [-0.25, -0.2) is 12.7 Å². The molecular weight excluding hydrogens is 408 g/mol. The average molecular weight is 426 g/mol. The Morgan fingerprint density at radius 3 is 2.23 bits per heavy atom. The Balaban J connectivity index is 1.81. The highest BCUT2D eigenvalue weighted by atomic mass is 32.2. The second-order valence-electron chi connectivity index (χ2n) is 6.59. The van der Waals surface area contributed by atoms with Gasteiger partial charge in [-0.3, -0.25) is 10.1 Å².